The van der Waals surface area contributed by atoms with E-state index in [2.05, 4.69) is 24.0 Å². The molecule has 0 bridgehead atoms. The number of unbranched alkanes of at least 4 members (excludes halogenated alkanes) is 1. The van der Waals surface area contributed by atoms with Gasteiger partial charge in [-0.2, -0.15) is 4.31 Å². The predicted molar refractivity (Wildman–Crippen MR) is 157 cm³/mol. The number of thiazole rings is 1. The highest BCUT2D eigenvalue weighted by atomic mass is 35.5. The van der Waals surface area contributed by atoms with Crippen LogP contribution in [0.5, 0.6) is 0 Å². The number of rotatable bonds is 13. The maximum absolute atomic E-state index is 13.6. The number of fused-ring (bicyclic) bond motifs is 1. The first-order valence-electron chi connectivity index (χ1n) is 12.7. The predicted octanol–water partition coefficient (Wildman–Crippen LogP) is 5.69. The van der Waals surface area contributed by atoms with Gasteiger partial charge in [0.15, 0.2) is 5.13 Å². The maximum atomic E-state index is 13.6. The van der Waals surface area contributed by atoms with Gasteiger partial charge in [0.1, 0.15) is 0 Å². The number of halogens is 1. The molecule has 0 N–H and O–H groups in total. The lowest BCUT2D eigenvalue weighted by Gasteiger charge is -2.22. The summed E-state index contributed by atoms with van der Waals surface area (Å²) >= 11 is 1.52. The fraction of sp³-hybridized carbons (Fsp3) is 0.481. The second-order valence-corrected chi connectivity index (χ2v) is 12.1. The molecule has 37 heavy (non-hydrogen) atoms. The first-order chi connectivity index (χ1) is 17.2. The fourth-order valence-electron chi connectivity index (χ4n) is 3.98. The van der Waals surface area contributed by atoms with Crippen molar-refractivity contribution in [1.82, 2.24) is 14.2 Å². The zero-order chi connectivity index (χ0) is 26.3. The van der Waals surface area contributed by atoms with E-state index >= 15 is 0 Å². The first kappa shape index (κ1) is 31.2. The van der Waals surface area contributed by atoms with Gasteiger partial charge in [0.2, 0.25) is 10.0 Å². The van der Waals surface area contributed by atoms with Gasteiger partial charge in [-0.25, -0.2) is 13.4 Å². The van der Waals surface area contributed by atoms with Crippen molar-refractivity contribution in [2.24, 2.45) is 0 Å². The molecule has 1 amide bonds. The molecule has 204 valence electrons. The molecule has 7 nitrogen and oxygen atoms in total. The Bertz CT molecular complexity index is 1260. The van der Waals surface area contributed by atoms with Gasteiger partial charge >= 0.3 is 0 Å². The second-order valence-electron chi connectivity index (χ2n) is 9.14. The lowest BCUT2D eigenvalue weighted by atomic mass is 10.2. The third-order valence-electron chi connectivity index (χ3n) is 6.17. The number of hydrogen-bond donors (Lipinski definition) is 0. The number of anilines is 1. The molecule has 0 aliphatic heterocycles. The van der Waals surface area contributed by atoms with Gasteiger partial charge in [-0.15, -0.1) is 12.4 Å². The molecule has 0 fully saturated rings. The van der Waals surface area contributed by atoms with E-state index < -0.39 is 10.0 Å². The van der Waals surface area contributed by atoms with Gasteiger partial charge in [-0.1, -0.05) is 44.6 Å². The van der Waals surface area contributed by atoms with E-state index in [0.29, 0.717) is 30.3 Å². The minimum atomic E-state index is -3.59. The number of carbonyl (C=O) groups is 1. The summed E-state index contributed by atoms with van der Waals surface area (Å²) in [7, 11) is 0.425. The molecule has 0 radical (unpaired) electrons. The summed E-state index contributed by atoms with van der Waals surface area (Å²) in [5.74, 6) is -0.175. The Morgan fingerprint density at radius 2 is 1.65 bits per heavy atom. The quantitative estimate of drug-likeness (QED) is 0.266. The van der Waals surface area contributed by atoms with Gasteiger partial charge in [-0.3, -0.25) is 9.69 Å². The summed E-state index contributed by atoms with van der Waals surface area (Å²) in [5, 5.41) is 0.662. The third-order valence-corrected chi connectivity index (χ3v) is 9.20. The number of hydrogen-bond acceptors (Lipinski definition) is 6. The SMILES string of the molecule is CCCCN(CC)S(=O)(=O)c1ccc(C(=O)N(CCCN(C)C)c2nc3ccc(CC)cc3s2)cc1.Cl. The van der Waals surface area contributed by atoms with Crippen LogP contribution in [0.3, 0.4) is 0 Å². The monoisotopic (exact) mass is 566 g/mol. The van der Waals surface area contributed by atoms with Crippen LogP contribution in [0, 0.1) is 0 Å². The zero-order valence-electron chi connectivity index (χ0n) is 22.4. The number of aromatic nitrogens is 1. The molecule has 10 heteroatoms. The van der Waals surface area contributed by atoms with Crippen LogP contribution in [-0.4, -0.2) is 68.8 Å². The average Bonchev–Trinajstić information content (AvgIpc) is 3.29. The topological polar surface area (TPSA) is 73.8 Å². The lowest BCUT2D eigenvalue weighted by molar-refractivity contribution is 0.0986. The van der Waals surface area contributed by atoms with Crippen molar-refractivity contribution in [2.45, 2.75) is 51.3 Å². The second kappa shape index (κ2) is 14.2. The van der Waals surface area contributed by atoms with Crippen molar-refractivity contribution >= 4 is 55.0 Å². The minimum absolute atomic E-state index is 0. The van der Waals surface area contributed by atoms with Gasteiger partial charge < -0.3 is 4.90 Å². The smallest absolute Gasteiger partial charge is 0.260 e. The lowest BCUT2D eigenvalue weighted by Crippen LogP contribution is -2.34. The number of benzene rings is 2. The van der Waals surface area contributed by atoms with E-state index in [-0.39, 0.29) is 23.2 Å². The van der Waals surface area contributed by atoms with E-state index in [4.69, 9.17) is 4.98 Å². The summed E-state index contributed by atoms with van der Waals surface area (Å²) in [6, 6.07) is 12.5. The Hall–Kier alpha value is -2.04. The highest BCUT2D eigenvalue weighted by molar-refractivity contribution is 7.89. The normalized spacial score (nSPS) is 11.8. The molecule has 0 atom stereocenters. The number of sulfonamides is 1. The number of nitrogens with zero attached hydrogens (tertiary/aromatic N) is 4. The maximum Gasteiger partial charge on any atom is 0.260 e. The van der Waals surface area contributed by atoms with Crippen molar-refractivity contribution in [3.05, 3.63) is 53.6 Å². The summed E-state index contributed by atoms with van der Waals surface area (Å²) in [4.78, 5) is 22.4. The fourth-order valence-corrected chi connectivity index (χ4v) is 6.52. The molecular formula is C27H39ClN4O3S2. The van der Waals surface area contributed by atoms with Gasteiger partial charge in [0.25, 0.3) is 5.91 Å². The Kier molecular flexibility index (Phi) is 12.0. The van der Waals surface area contributed by atoms with Gasteiger partial charge in [0.05, 0.1) is 15.1 Å². The minimum Gasteiger partial charge on any atom is -0.309 e. The van der Waals surface area contributed by atoms with Crippen LogP contribution in [0.15, 0.2) is 47.4 Å². The van der Waals surface area contributed by atoms with Crippen LogP contribution in [-0.2, 0) is 16.4 Å². The third kappa shape index (κ3) is 7.74. The van der Waals surface area contributed by atoms with E-state index in [1.165, 1.54) is 21.2 Å². The molecule has 0 spiro atoms. The molecule has 0 unspecified atom stereocenters. The molecule has 3 rings (SSSR count). The Morgan fingerprint density at radius 1 is 0.946 bits per heavy atom. The van der Waals surface area contributed by atoms with Crippen LogP contribution >= 0.6 is 23.7 Å². The average molecular weight is 567 g/mol. The van der Waals surface area contributed by atoms with Crippen LogP contribution in [0.4, 0.5) is 5.13 Å². The largest absolute Gasteiger partial charge is 0.309 e. The molecule has 3 aromatic rings. The van der Waals surface area contributed by atoms with Crippen molar-refractivity contribution in [1.29, 1.82) is 0 Å². The number of amides is 1. The Morgan fingerprint density at radius 3 is 2.24 bits per heavy atom. The molecular weight excluding hydrogens is 528 g/mol. The van der Waals surface area contributed by atoms with E-state index in [1.54, 1.807) is 29.2 Å². The Labute approximate surface area is 231 Å². The van der Waals surface area contributed by atoms with Crippen LogP contribution < -0.4 is 4.90 Å². The molecule has 0 aliphatic rings. The standard InChI is InChI=1S/C27H38N4O3S2.ClH/c1-6-9-18-30(8-3)36(33,34)23-14-12-22(13-15-23)26(32)31(19-10-17-29(4)5)27-28-24-16-11-21(7-2)20-25(24)35-27;/h11-16,20H,6-10,17-19H2,1-5H3;1H. The summed E-state index contributed by atoms with van der Waals surface area (Å²) in [6.45, 7) is 8.28. The van der Waals surface area contributed by atoms with Crippen molar-refractivity contribution < 1.29 is 13.2 Å². The van der Waals surface area contributed by atoms with E-state index in [0.717, 1.165) is 42.4 Å². The van der Waals surface area contributed by atoms with Crippen LogP contribution in [0.2, 0.25) is 0 Å². The summed E-state index contributed by atoms with van der Waals surface area (Å²) < 4.78 is 28.7. The molecule has 2 aromatic carbocycles. The molecule has 1 aromatic heterocycles. The van der Waals surface area contributed by atoms with Gasteiger partial charge in [0, 0.05) is 25.2 Å². The number of aryl methyl sites for hydroxylation is 1. The summed E-state index contributed by atoms with van der Waals surface area (Å²) in [6.07, 6.45) is 3.48. The molecule has 0 saturated carbocycles. The first-order valence-corrected chi connectivity index (χ1v) is 14.9. The van der Waals surface area contributed by atoms with Crippen molar-refractivity contribution in [3.8, 4) is 0 Å². The highest BCUT2D eigenvalue weighted by Crippen LogP contribution is 2.31. The van der Waals surface area contributed by atoms with E-state index in [9.17, 15) is 13.2 Å². The van der Waals surface area contributed by atoms with Crippen molar-refractivity contribution in [3.63, 3.8) is 0 Å². The van der Waals surface area contributed by atoms with Crippen LogP contribution in [0.25, 0.3) is 10.2 Å². The van der Waals surface area contributed by atoms with E-state index in [1.807, 2.05) is 34.0 Å². The van der Waals surface area contributed by atoms with Crippen LogP contribution in [0.1, 0.15) is 56.0 Å². The molecule has 1 heterocycles. The zero-order valence-corrected chi connectivity index (χ0v) is 24.9. The van der Waals surface area contributed by atoms with Gasteiger partial charge in [-0.05, 0) is 81.9 Å². The van der Waals surface area contributed by atoms with Crippen molar-refractivity contribution in [2.75, 3.05) is 45.2 Å². The molecule has 0 aliphatic carbocycles. The summed E-state index contributed by atoms with van der Waals surface area (Å²) in [5.41, 5.74) is 2.56. The molecule has 0 saturated heterocycles. The Balaban J connectivity index is 0.00000481. The highest BCUT2D eigenvalue weighted by Gasteiger charge is 2.25. The number of carbonyl (C=O) groups excluding carboxylic acids is 1.